The van der Waals surface area contributed by atoms with Crippen molar-refractivity contribution >= 4 is 39.9 Å². The highest BCUT2D eigenvalue weighted by Gasteiger charge is 2.30. The van der Waals surface area contributed by atoms with Gasteiger partial charge in [0, 0.05) is 17.1 Å². The lowest BCUT2D eigenvalue weighted by molar-refractivity contribution is -0.137. The zero-order chi connectivity index (χ0) is 23.0. The van der Waals surface area contributed by atoms with Gasteiger partial charge in [0.25, 0.3) is 0 Å². The van der Waals surface area contributed by atoms with Crippen LogP contribution in [-0.2, 0) is 11.0 Å². The number of nitrogens with one attached hydrogen (secondary N) is 1. The van der Waals surface area contributed by atoms with E-state index in [1.165, 1.54) is 23.9 Å². The number of alkyl halides is 3. The van der Waals surface area contributed by atoms with E-state index in [1.54, 1.807) is 14.0 Å². The zero-order valence-electron chi connectivity index (χ0n) is 17.4. The maximum Gasteiger partial charge on any atom is 0.416 e. The number of hydrogen-bond donors (Lipinski definition) is 1. The number of hydrogen-bond acceptors (Lipinski definition) is 5. The minimum absolute atomic E-state index is 0.285. The summed E-state index contributed by atoms with van der Waals surface area (Å²) in [5.41, 5.74) is 2.04. The molecule has 0 aliphatic carbocycles. The smallest absolute Gasteiger partial charge is 0.416 e. The van der Waals surface area contributed by atoms with Crippen LogP contribution in [-0.4, -0.2) is 32.9 Å². The Labute approximate surface area is 185 Å². The van der Waals surface area contributed by atoms with Crippen molar-refractivity contribution in [1.29, 1.82) is 0 Å². The van der Waals surface area contributed by atoms with E-state index in [0.717, 1.165) is 28.6 Å². The van der Waals surface area contributed by atoms with Gasteiger partial charge in [0.15, 0.2) is 10.8 Å². The fourth-order valence-electron chi connectivity index (χ4n) is 3.30. The second-order valence-electron chi connectivity index (χ2n) is 7.21. The lowest BCUT2D eigenvalue weighted by Crippen LogP contribution is -2.22. The van der Waals surface area contributed by atoms with Gasteiger partial charge in [-0.05, 0) is 61.9 Å². The maximum absolute atomic E-state index is 12.7. The average Bonchev–Trinajstić information content (AvgIpc) is 3.15. The molecule has 0 spiro atoms. The molecule has 1 N–H and O–H groups in total. The molecule has 32 heavy (non-hydrogen) atoms. The lowest BCUT2D eigenvalue weighted by Gasteiger charge is -2.13. The van der Waals surface area contributed by atoms with E-state index in [4.69, 9.17) is 4.74 Å². The molecule has 0 aliphatic rings. The number of nitrogens with zero attached hydrogens (tertiary/aromatic N) is 3. The first-order chi connectivity index (χ1) is 15.2. The number of ether oxygens (including phenoxy) is 1. The van der Waals surface area contributed by atoms with Crippen molar-refractivity contribution in [2.45, 2.75) is 30.4 Å². The quantitative estimate of drug-likeness (QED) is 0.408. The Morgan fingerprint density at radius 1 is 1.12 bits per heavy atom. The first-order valence-electron chi connectivity index (χ1n) is 9.64. The molecule has 2 heterocycles. The summed E-state index contributed by atoms with van der Waals surface area (Å²) in [7, 11) is 1.59. The van der Waals surface area contributed by atoms with Crippen LogP contribution in [0.2, 0.25) is 0 Å². The number of halogens is 3. The first-order valence-corrected chi connectivity index (χ1v) is 10.5. The molecule has 1 unspecified atom stereocenters. The summed E-state index contributed by atoms with van der Waals surface area (Å²) in [5.74, 6) is 0.322. The van der Waals surface area contributed by atoms with Crippen molar-refractivity contribution in [3.63, 3.8) is 0 Å². The third-order valence-electron chi connectivity index (χ3n) is 5.01. The molecule has 4 aromatic rings. The van der Waals surface area contributed by atoms with E-state index < -0.39 is 17.0 Å². The van der Waals surface area contributed by atoms with E-state index in [2.05, 4.69) is 15.5 Å². The topological polar surface area (TPSA) is 68.5 Å². The molecule has 2 aromatic carbocycles. The number of thioether (sulfide) groups is 1. The number of methoxy groups -OCH3 is 1. The Bertz CT molecular complexity index is 1300. The van der Waals surface area contributed by atoms with Crippen LogP contribution in [0.4, 0.5) is 18.9 Å². The summed E-state index contributed by atoms with van der Waals surface area (Å²) >= 11 is 1.21. The molecule has 0 radical (unpaired) electrons. The number of carbonyl (C=O) groups is 1. The Hall–Kier alpha value is -3.27. The molecule has 10 heteroatoms. The van der Waals surface area contributed by atoms with E-state index in [1.807, 2.05) is 35.6 Å². The Kier molecular flexibility index (Phi) is 5.72. The van der Waals surface area contributed by atoms with Crippen molar-refractivity contribution in [3.05, 3.63) is 59.7 Å². The summed E-state index contributed by atoms with van der Waals surface area (Å²) in [6, 6.07) is 12.0. The molecule has 0 fully saturated rings. The maximum atomic E-state index is 12.7. The number of fused-ring (bicyclic) bond motifs is 3. The molecule has 2 aromatic heterocycles. The number of rotatable bonds is 5. The molecule has 166 valence electrons. The molecular formula is C22H19F3N4O2S. The standard InChI is InChI=1S/C22H19F3N4O2S/c1-12-10-19-27-28-21(29(19)18-11-16(31-3)8-9-17(12)18)32-13(2)20(30)26-15-6-4-14(5-7-15)22(23,24)25/h4-11,13H,1-3H3,(H,26,30). The van der Waals surface area contributed by atoms with Crippen LogP contribution in [0.1, 0.15) is 18.1 Å². The Morgan fingerprint density at radius 2 is 1.84 bits per heavy atom. The average molecular weight is 460 g/mol. The summed E-state index contributed by atoms with van der Waals surface area (Å²) < 4.78 is 45.4. The van der Waals surface area contributed by atoms with Crippen LogP contribution in [0.25, 0.3) is 16.6 Å². The summed E-state index contributed by atoms with van der Waals surface area (Å²) in [6.07, 6.45) is -4.43. The summed E-state index contributed by atoms with van der Waals surface area (Å²) in [5, 5.41) is 12.1. The molecule has 1 amide bonds. The minimum atomic E-state index is -4.43. The van der Waals surface area contributed by atoms with E-state index >= 15 is 0 Å². The summed E-state index contributed by atoms with van der Waals surface area (Å²) in [4.78, 5) is 12.6. The number of amides is 1. The SMILES string of the molecule is COc1ccc2c(C)cc3nnc(SC(C)C(=O)Nc4ccc(C(F)(F)F)cc4)n3c2c1. The normalized spacial score (nSPS) is 12.8. The van der Waals surface area contributed by atoms with Crippen LogP contribution in [0.3, 0.4) is 0 Å². The van der Waals surface area contributed by atoms with Gasteiger partial charge in [-0.3, -0.25) is 9.20 Å². The van der Waals surface area contributed by atoms with Gasteiger partial charge in [0.1, 0.15) is 5.75 Å². The molecule has 0 bridgehead atoms. The number of pyridine rings is 1. The fraction of sp³-hybridized carbons (Fsp3) is 0.227. The van der Waals surface area contributed by atoms with E-state index in [-0.39, 0.29) is 11.6 Å². The van der Waals surface area contributed by atoms with Gasteiger partial charge in [0.05, 0.1) is 23.4 Å². The number of aryl methyl sites for hydroxylation is 1. The molecule has 4 rings (SSSR count). The fourth-order valence-corrected chi connectivity index (χ4v) is 4.17. The second-order valence-corrected chi connectivity index (χ2v) is 8.52. The number of anilines is 1. The second kappa shape index (κ2) is 8.34. The van der Waals surface area contributed by atoms with Crippen LogP contribution in [0.15, 0.2) is 53.7 Å². The Morgan fingerprint density at radius 3 is 2.50 bits per heavy atom. The lowest BCUT2D eigenvalue weighted by atomic mass is 10.1. The molecular weight excluding hydrogens is 441 g/mol. The first kappa shape index (κ1) is 21.9. The highest BCUT2D eigenvalue weighted by molar-refractivity contribution is 8.00. The van der Waals surface area contributed by atoms with Gasteiger partial charge in [-0.15, -0.1) is 10.2 Å². The van der Waals surface area contributed by atoms with Crippen molar-refractivity contribution in [2.75, 3.05) is 12.4 Å². The van der Waals surface area contributed by atoms with Crippen LogP contribution in [0.5, 0.6) is 5.75 Å². The van der Waals surface area contributed by atoms with Gasteiger partial charge >= 0.3 is 6.18 Å². The zero-order valence-corrected chi connectivity index (χ0v) is 18.2. The third kappa shape index (κ3) is 4.22. The van der Waals surface area contributed by atoms with Crippen molar-refractivity contribution < 1.29 is 22.7 Å². The van der Waals surface area contributed by atoms with Crippen molar-refractivity contribution in [1.82, 2.24) is 14.6 Å². The number of aromatic nitrogens is 3. The molecule has 0 aliphatic heterocycles. The summed E-state index contributed by atoms with van der Waals surface area (Å²) in [6.45, 7) is 3.68. The predicted molar refractivity (Wildman–Crippen MR) is 117 cm³/mol. The van der Waals surface area contributed by atoms with Crippen LogP contribution in [0, 0.1) is 6.92 Å². The monoisotopic (exact) mass is 460 g/mol. The molecule has 0 saturated carbocycles. The molecule has 1 atom stereocenters. The van der Waals surface area contributed by atoms with Crippen molar-refractivity contribution in [3.8, 4) is 5.75 Å². The molecule has 0 saturated heterocycles. The van der Waals surface area contributed by atoms with E-state index in [0.29, 0.717) is 16.6 Å². The van der Waals surface area contributed by atoms with Gasteiger partial charge in [-0.25, -0.2) is 0 Å². The van der Waals surface area contributed by atoms with Gasteiger partial charge in [0.2, 0.25) is 5.91 Å². The largest absolute Gasteiger partial charge is 0.497 e. The highest BCUT2D eigenvalue weighted by Crippen LogP contribution is 2.32. The highest BCUT2D eigenvalue weighted by atomic mass is 32.2. The predicted octanol–water partition coefficient (Wildman–Crippen LogP) is 5.34. The molecule has 6 nitrogen and oxygen atoms in total. The van der Waals surface area contributed by atoms with Crippen LogP contribution < -0.4 is 10.1 Å². The van der Waals surface area contributed by atoms with Crippen molar-refractivity contribution in [2.24, 2.45) is 0 Å². The van der Waals surface area contributed by atoms with Crippen LogP contribution >= 0.6 is 11.8 Å². The Balaban J connectivity index is 1.59. The van der Waals surface area contributed by atoms with E-state index in [9.17, 15) is 18.0 Å². The van der Waals surface area contributed by atoms with Gasteiger partial charge in [-0.1, -0.05) is 11.8 Å². The minimum Gasteiger partial charge on any atom is -0.497 e. The number of carbonyl (C=O) groups excluding carboxylic acids is 1. The number of benzene rings is 2. The third-order valence-corrected chi connectivity index (χ3v) is 6.05. The van der Waals surface area contributed by atoms with Gasteiger partial charge in [-0.2, -0.15) is 13.2 Å². The van der Waals surface area contributed by atoms with Gasteiger partial charge < -0.3 is 10.1 Å².